The fraction of sp³-hybridized carbons (Fsp3) is 0.231. The zero-order valence-corrected chi connectivity index (χ0v) is 10.7. The van der Waals surface area contributed by atoms with Gasteiger partial charge in [-0.15, -0.1) is 12.4 Å². The summed E-state index contributed by atoms with van der Waals surface area (Å²) in [7, 11) is 0. The molecule has 0 aliphatic rings. The zero-order valence-electron chi connectivity index (χ0n) is 9.90. The normalized spacial score (nSPS) is 9.82. The maximum absolute atomic E-state index is 5.62. The third-order valence-corrected chi connectivity index (χ3v) is 2.38. The molecule has 0 atom stereocenters. The Bertz CT molecular complexity index is 494. The lowest BCUT2D eigenvalue weighted by Gasteiger charge is -2.06. The van der Waals surface area contributed by atoms with Gasteiger partial charge in [-0.05, 0) is 31.5 Å². The van der Waals surface area contributed by atoms with Crippen LogP contribution in [0.25, 0.3) is 0 Å². The molecule has 0 bridgehead atoms. The van der Waals surface area contributed by atoms with E-state index in [-0.39, 0.29) is 12.4 Å². The zero-order chi connectivity index (χ0) is 11.5. The quantitative estimate of drug-likeness (QED) is 0.910. The molecule has 2 N–H and O–H groups in total. The Morgan fingerprint density at radius 3 is 2.53 bits per heavy atom. The second kappa shape index (κ2) is 5.75. The number of benzene rings is 1. The highest BCUT2D eigenvalue weighted by atomic mass is 35.5. The second-order valence-corrected chi connectivity index (χ2v) is 3.80. The molecule has 0 amide bonds. The molecule has 17 heavy (non-hydrogen) atoms. The van der Waals surface area contributed by atoms with Crippen LogP contribution >= 0.6 is 12.4 Å². The maximum Gasteiger partial charge on any atom is 0.290 e. The third kappa shape index (κ3) is 3.25. The van der Waals surface area contributed by atoms with Crippen LogP contribution in [-0.2, 0) is 6.54 Å². The summed E-state index contributed by atoms with van der Waals surface area (Å²) in [6.45, 7) is 4.45. The molecule has 0 unspecified atom stereocenters. The van der Waals surface area contributed by atoms with Crippen LogP contribution in [0.4, 0.5) is 0 Å². The number of rotatable bonds is 3. The van der Waals surface area contributed by atoms with E-state index < -0.39 is 0 Å². The average molecular weight is 254 g/mol. The van der Waals surface area contributed by atoms with E-state index >= 15 is 0 Å². The van der Waals surface area contributed by atoms with Crippen molar-refractivity contribution >= 4 is 12.4 Å². The molecule has 0 saturated carbocycles. The Balaban J connectivity index is 0.00000144. The van der Waals surface area contributed by atoms with Crippen LogP contribution in [0.15, 0.2) is 34.7 Å². The molecule has 4 heteroatoms. The predicted molar refractivity (Wildman–Crippen MR) is 69.8 cm³/mol. The molecule has 0 saturated heterocycles. The summed E-state index contributed by atoms with van der Waals surface area (Å²) in [5, 5.41) is 0. The van der Waals surface area contributed by atoms with Gasteiger partial charge in [0.25, 0.3) is 5.95 Å². The number of halogens is 1. The lowest BCUT2D eigenvalue weighted by atomic mass is 10.1. The number of furan rings is 1. The Morgan fingerprint density at radius 1 is 1.18 bits per heavy atom. The Morgan fingerprint density at radius 2 is 1.94 bits per heavy atom. The van der Waals surface area contributed by atoms with Gasteiger partial charge in [-0.1, -0.05) is 17.7 Å². The van der Waals surface area contributed by atoms with Gasteiger partial charge < -0.3 is 14.9 Å². The van der Waals surface area contributed by atoms with E-state index in [0.29, 0.717) is 12.5 Å². The summed E-state index contributed by atoms with van der Waals surface area (Å²) in [5.74, 6) is 2.01. The number of hydrogen-bond donors (Lipinski definition) is 1. The molecular formula is C13H16ClNO2. The number of aryl methyl sites for hydroxylation is 2. The van der Waals surface area contributed by atoms with Gasteiger partial charge in [0.05, 0.1) is 6.54 Å². The first kappa shape index (κ1) is 13.6. The molecule has 2 rings (SSSR count). The molecule has 92 valence electrons. The molecule has 0 aliphatic heterocycles. The van der Waals surface area contributed by atoms with E-state index in [0.717, 1.165) is 17.1 Å². The lowest BCUT2D eigenvalue weighted by Crippen LogP contribution is -1.92. The minimum absolute atomic E-state index is 0. The van der Waals surface area contributed by atoms with Crippen LogP contribution in [0.1, 0.15) is 16.9 Å². The Kier molecular flexibility index (Phi) is 4.61. The molecule has 0 spiro atoms. The fourth-order valence-electron chi connectivity index (χ4n) is 1.55. The summed E-state index contributed by atoms with van der Waals surface area (Å²) in [5.41, 5.74) is 7.76. The molecule has 1 aromatic heterocycles. The molecule has 2 aromatic rings. The van der Waals surface area contributed by atoms with Crippen LogP contribution in [0.2, 0.25) is 0 Å². The summed E-state index contributed by atoms with van der Waals surface area (Å²) in [6, 6.07) is 9.62. The van der Waals surface area contributed by atoms with E-state index in [1.807, 2.05) is 25.1 Å². The van der Waals surface area contributed by atoms with Crippen molar-refractivity contribution in [2.75, 3.05) is 0 Å². The van der Waals surface area contributed by atoms with E-state index in [1.165, 1.54) is 5.56 Å². The number of nitrogens with two attached hydrogens (primary N) is 1. The minimum Gasteiger partial charge on any atom is -0.429 e. The summed E-state index contributed by atoms with van der Waals surface area (Å²) in [6.07, 6.45) is 0. The standard InChI is InChI=1S/C13H15NO2.ClH/c1-9-3-5-12(10(2)7-9)16-13-6-4-11(8-14)15-13;/h3-7H,8,14H2,1-2H3;1H. The summed E-state index contributed by atoms with van der Waals surface area (Å²) in [4.78, 5) is 0. The second-order valence-electron chi connectivity index (χ2n) is 3.80. The molecule has 1 aromatic carbocycles. The first-order valence-electron chi connectivity index (χ1n) is 5.23. The number of hydrogen-bond acceptors (Lipinski definition) is 3. The van der Waals surface area contributed by atoms with Crippen molar-refractivity contribution in [1.82, 2.24) is 0 Å². The molecule has 0 aliphatic carbocycles. The van der Waals surface area contributed by atoms with Gasteiger partial charge in [-0.2, -0.15) is 0 Å². The van der Waals surface area contributed by atoms with Crippen molar-refractivity contribution in [3.8, 4) is 11.7 Å². The van der Waals surface area contributed by atoms with Crippen LogP contribution < -0.4 is 10.5 Å². The Hall–Kier alpha value is -1.45. The lowest BCUT2D eigenvalue weighted by molar-refractivity contribution is 0.331. The van der Waals surface area contributed by atoms with Gasteiger partial charge in [-0.3, -0.25) is 0 Å². The van der Waals surface area contributed by atoms with Crippen LogP contribution in [0.5, 0.6) is 11.7 Å². The average Bonchev–Trinajstić information content (AvgIpc) is 2.70. The first-order valence-corrected chi connectivity index (χ1v) is 5.23. The van der Waals surface area contributed by atoms with E-state index in [4.69, 9.17) is 14.9 Å². The molecule has 3 nitrogen and oxygen atoms in total. The molecule has 0 fully saturated rings. The van der Waals surface area contributed by atoms with E-state index in [2.05, 4.69) is 13.0 Å². The SMILES string of the molecule is Cc1ccc(Oc2ccc(CN)o2)c(C)c1.Cl. The predicted octanol–water partition coefficient (Wildman–Crippen LogP) is 3.57. The van der Waals surface area contributed by atoms with E-state index in [1.54, 1.807) is 6.07 Å². The smallest absolute Gasteiger partial charge is 0.290 e. The van der Waals surface area contributed by atoms with Crippen LogP contribution in [0.3, 0.4) is 0 Å². The summed E-state index contributed by atoms with van der Waals surface area (Å²) >= 11 is 0. The van der Waals surface area contributed by atoms with Crippen LogP contribution in [-0.4, -0.2) is 0 Å². The van der Waals surface area contributed by atoms with Gasteiger partial charge in [-0.25, -0.2) is 0 Å². The maximum atomic E-state index is 5.62. The molecule has 1 heterocycles. The topological polar surface area (TPSA) is 48.4 Å². The van der Waals surface area contributed by atoms with E-state index in [9.17, 15) is 0 Å². The van der Waals surface area contributed by atoms with Gasteiger partial charge in [0.1, 0.15) is 11.5 Å². The highest BCUT2D eigenvalue weighted by Gasteiger charge is 2.05. The van der Waals surface area contributed by atoms with Crippen molar-refractivity contribution in [2.45, 2.75) is 20.4 Å². The largest absolute Gasteiger partial charge is 0.429 e. The van der Waals surface area contributed by atoms with Crippen molar-refractivity contribution in [3.05, 3.63) is 47.2 Å². The molecule has 0 radical (unpaired) electrons. The minimum atomic E-state index is 0. The fourth-order valence-corrected chi connectivity index (χ4v) is 1.55. The highest BCUT2D eigenvalue weighted by Crippen LogP contribution is 2.26. The highest BCUT2D eigenvalue weighted by molar-refractivity contribution is 5.85. The first-order chi connectivity index (χ1) is 7.69. The molecular weight excluding hydrogens is 238 g/mol. The third-order valence-electron chi connectivity index (χ3n) is 2.38. The summed E-state index contributed by atoms with van der Waals surface area (Å²) < 4.78 is 11.0. The van der Waals surface area contributed by atoms with Gasteiger partial charge in [0, 0.05) is 6.07 Å². The van der Waals surface area contributed by atoms with Gasteiger partial charge >= 0.3 is 0 Å². The van der Waals surface area contributed by atoms with Crippen molar-refractivity contribution in [1.29, 1.82) is 0 Å². The van der Waals surface area contributed by atoms with Crippen molar-refractivity contribution in [3.63, 3.8) is 0 Å². The van der Waals surface area contributed by atoms with Crippen molar-refractivity contribution < 1.29 is 9.15 Å². The van der Waals surface area contributed by atoms with Crippen molar-refractivity contribution in [2.24, 2.45) is 5.73 Å². The monoisotopic (exact) mass is 253 g/mol. The van der Waals surface area contributed by atoms with Crippen LogP contribution in [0, 0.1) is 13.8 Å². The number of ether oxygens (including phenoxy) is 1. The Labute approximate surface area is 107 Å². The van der Waals surface area contributed by atoms with Gasteiger partial charge in [0.2, 0.25) is 0 Å². The van der Waals surface area contributed by atoms with Gasteiger partial charge in [0.15, 0.2) is 0 Å².